The first-order chi connectivity index (χ1) is 7.18. The molecule has 0 amide bonds. The van der Waals surface area contributed by atoms with Crippen LogP contribution in [0.5, 0.6) is 0 Å². The predicted molar refractivity (Wildman–Crippen MR) is 66.1 cm³/mol. The first-order valence-corrected chi connectivity index (χ1v) is 5.40. The monoisotopic (exact) mass is 186 g/mol. The van der Waals surface area contributed by atoms with Crippen molar-refractivity contribution in [2.45, 2.75) is 11.0 Å². The second-order valence-corrected chi connectivity index (χ2v) is 4.81. The molecule has 0 spiro atoms. The van der Waals surface area contributed by atoms with Crippen molar-refractivity contribution in [1.29, 1.82) is 0 Å². The van der Waals surface area contributed by atoms with Crippen LogP contribution in [0.15, 0.2) is 42.5 Å². The van der Waals surface area contributed by atoms with Gasteiger partial charge in [-0.05, 0) is 0 Å². The van der Waals surface area contributed by atoms with E-state index in [9.17, 15) is 0 Å². The molecule has 1 atom stereocenters. The van der Waals surface area contributed by atoms with Gasteiger partial charge in [-0.1, -0.05) is 0 Å². The number of hydrogen-bond acceptors (Lipinski definition) is 0. The molecule has 0 aromatic heterocycles. The summed E-state index contributed by atoms with van der Waals surface area (Å²) in [5.41, 5.74) is 2.85. The van der Waals surface area contributed by atoms with Crippen LogP contribution in [0.2, 0.25) is 0 Å². The van der Waals surface area contributed by atoms with Crippen molar-refractivity contribution >= 4 is 34.6 Å². The van der Waals surface area contributed by atoms with Gasteiger partial charge in [0.2, 0.25) is 0 Å². The van der Waals surface area contributed by atoms with Gasteiger partial charge in [-0.2, -0.15) is 0 Å². The Labute approximate surface area is 99.2 Å². The van der Waals surface area contributed by atoms with Gasteiger partial charge in [0.05, 0.1) is 0 Å². The van der Waals surface area contributed by atoms with E-state index in [0.717, 1.165) is 0 Å². The van der Waals surface area contributed by atoms with Crippen molar-refractivity contribution in [3.05, 3.63) is 53.6 Å². The first-order valence-electron chi connectivity index (χ1n) is 5.40. The summed E-state index contributed by atoms with van der Waals surface area (Å²) in [6, 6.07) is 13.1. The zero-order valence-electron chi connectivity index (χ0n) is 9.12. The summed E-state index contributed by atoms with van der Waals surface area (Å²) in [5.74, 6) is 0. The predicted octanol–water partition coefficient (Wildman–Crippen LogP) is 3.25. The van der Waals surface area contributed by atoms with Gasteiger partial charge in [-0.25, -0.2) is 0 Å². The van der Waals surface area contributed by atoms with E-state index in [0.29, 0.717) is 0 Å². The molecule has 0 heterocycles. The van der Waals surface area contributed by atoms with Crippen LogP contribution in [0.25, 0.3) is 16.8 Å². The Morgan fingerprint density at radius 3 is 2.73 bits per heavy atom. The summed E-state index contributed by atoms with van der Waals surface area (Å²) in [6.07, 6.45) is 4.53. The standard InChI is InChI=1S/C14H11.Li/c1-10-6-7-12-9-8-11-4-2-3-5-13(11)14(10)12;/h2-9H,1H3;. The van der Waals surface area contributed by atoms with Crippen LogP contribution in [0, 0.1) is 0 Å². The van der Waals surface area contributed by atoms with Crippen molar-refractivity contribution < 1.29 is 0 Å². The Bertz CT molecular complexity index is 565. The number of fused-ring (bicyclic) bond motifs is 3. The third kappa shape index (κ3) is 1.29. The van der Waals surface area contributed by atoms with E-state index >= 15 is 0 Å². The Hall–Kier alpha value is -0.963. The summed E-state index contributed by atoms with van der Waals surface area (Å²) in [7, 11) is 0. The van der Waals surface area contributed by atoms with Gasteiger partial charge >= 0.3 is 99.2 Å². The van der Waals surface area contributed by atoms with Crippen LogP contribution < -0.4 is 0 Å². The zero-order chi connectivity index (χ0) is 10.5. The molecule has 68 valence electrons. The molecular formula is C14H11Li. The molecule has 0 aliphatic heterocycles. The number of hydrogen-bond donors (Lipinski definition) is 0. The van der Waals surface area contributed by atoms with Gasteiger partial charge in [-0.15, -0.1) is 0 Å². The third-order valence-corrected chi connectivity index (χ3v) is 3.29. The van der Waals surface area contributed by atoms with Crippen LogP contribution >= 0.6 is 0 Å². The summed E-state index contributed by atoms with van der Waals surface area (Å²) in [6.45, 7) is 2.28. The molecule has 0 saturated carbocycles. The molecule has 0 radical (unpaired) electrons. The van der Waals surface area contributed by atoms with Crippen molar-refractivity contribution in [1.82, 2.24) is 0 Å². The molecule has 3 rings (SSSR count). The van der Waals surface area contributed by atoms with Crippen LogP contribution in [-0.4, -0.2) is 17.7 Å². The Morgan fingerprint density at radius 1 is 1.07 bits per heavy atom. The second-order valence-electron chi connectivity index (χ2n) is 4.81. The molecule has 0 bridgehead atoms. The Morgan fingerprint density at radius 2 is 1.87 bits per heavy atom. The first kappa shape index (κ1) is 9.28. The normalized spacial score (nSPS) is 23.4. The third-order valence-electron chi connectivity index (χ3n) is 3.29. The molecule has 1 aliphatic carbocycles. The average molecular weight is 186 g/mol. The molecule has 1 unspecified atom stereocenters. The molecule has 0 fully saturated rings. The van der Waals surface area contributed by atoms with E-state index in [2.05, 4.69) is 73.2 Å². The average Bonchev–Trinajstić information content (AvgIpc) is 2.55. The summed E-state index contributed by atoms with van der Waals surface area (Å²) in [5, 5.41) is 2.73. The van der Waals surface area contributed by atoms with Gasteiger partial charge in [0.1, 0.15) is 0 Å². The van der Waals surface area contributed by atoms with Crippen LogP contribution in [-0.2, 0) is 4.09 Å². The minimum absolute atomic E-state index is 0.177. The van der Waals surface area contributed by atoms with Crippen LogP contribution in [0.3, 0.4) is 0 Å². The fraction of sp³-hybridized carbons (Fsp3) is 0.143. The molecule has 0 N–H and O–H groups in total. The van der Waals surface area contributed by atoms with Gasteiger partial charge in [-0.3, -0.25) is 0 Å². The Balaban J connectivity index is 2.46. The fourth-order valence-corrected chi connectivity index (χ4v) is 2.53. The van der Waals surface area contributed by atoms with Crippen molar-refractivity contribution in [2.24, 2.45) is 0 Å². The fourth-order valence-electron chi connectivity index (χ4n) is 2.53. The van der Waals surface area contributed by atoms with Crippen molar-refractivity contribution in [2.75, 3.05) is 0 Å². The number of allylic oxidation sites excluding steroid dienone is 1. The van der Waals surface area contributed by atoms with E-state index in [4.69, 9.17) is 0 Å². The van der Waals surface area contributed by atoms with E-state index in [1.54, 1.807) is 0 Å². The molecule has 0 nitrogen and oxygen atoms in total. The van der Waals surface area contributed by atoms with Gasteiger partial charge in [0.15, 0.2) is 0 Å². The molecule has 1 aliphatic rings. The summed E-state index contributed by atoms with van der Waals surface area (Å²) >= 11 is 2.28. The van der Waals surface area contributed by atoms with Crippen molar-refractivity contribution in [3.8, 4) is 0 Å². The maximum absolute atomic E-state index is 2.30. The molecule has 2 aromatic rings. The Kier molecular flexibility index (Phi) is 1.86. The van der Waals surface area contributed by atoms with E-state index < -0.39 is 0 Å². The molecular weight excluding hydrogens is 175 g/mol. The number of benzene rings is 2. The van der Waals surface area contributed by atoms with E-state index in [1.807, 2.05) is 0 Å². The van der Waals surface area contributed by atoms with Crippen LogP contribution in [0.4, 0.5) is 0 Å². The topological polar surface area (TPSA) is 0 Å². The second kappa shape index (κ2) is 3.01. The van der Waals surface area contributed by atoms with Crippen molar-refractivity contribution in [3.63, 3.8) is 0 Å². The molecule has 1 heteroatoms. The van der Waals surface area contributed by atoms with Gasteiger partial charge in [0.25, 0.3) is 0 Å². The summed E-state index contributed by atoms with van der Waals surface area (Å²) < 4.78 is 0.177. The van der Waals surface area contributed by atoms with Gasteiger partial charge < -0.3 is 0 Å². The quantitative estimate of drug-likeness (QED) is 0.554. The summed E-state index contributed by atoms with van der Waals surface area (Å²) in [4.78, 5) is 0. The van der Waals surface area contributed by atoms with Crippen LogP contribution in [0.1, 0.15) is 18.1 Å². The zero-order valence-corrected chi connectivity index (χ0v) is 9.12. The molecule has 0 saturated heterocycles. The van der Waals surface area contributed by atoms with E-state index in [-0.39, 0.29) is 4.09 Å². The molecule has 15 heavy (non-hydrogen) atoms. The molecule has 2 aromatic carbocycles. The van der Waals surface area contributed by atoms with E-state index in [1.165, 1.54) is 21.9 Å². The maximum atomic E-state index is 2.30. The minimum atomic E-state index is 0.177. The van der Waals surface area contributed by atoms with Gasteiger partial charge in [0, 0.05) is 0 Å². The SMILES string of the molecule is [Li][C]1(C)C=Cc2ccc3ccccc3c21. The number of rotatable bonds is 0.